The van der Waals surface area contributed by atoms with Gasteiger partial charge in [-0.1, -0.05) is 18.2 Å². The molecule has 1 N–H and O–H groups in total. The van der Waals surface area contributed by atoms with Gasteiger partial charge in [0.2, 0.25) is 0 Å². The van der Waals surface area contributed by atoms with E-state index in [4.69, 9.17) is 5.26 Å². The molecule has 0 aliphatic rings. The second-order valence-electron chi connectivity index (χ2n) is 4.58. The number of nitrogens with zero attached hydrogens (tertiary/aromatic N) is 3. The molecule has 1 amide bonds. The number of amides is 1. The molecule has 2 rings (SSSR count). The van der Waals surface area contributed by atoms with Gasteiger partial charge in [0.1, 0.15) is 11.6 Å². The van der Waals surface area contributed by atoms with Gasteiger partial charge >= 0.3 is 0 Å². The van der Waals surface area contributed by atoms with Crippen molar-refractivity contribution in [2.75, 3.05) is 7.05 Å². The monoisotopic (exact) mass is 280 g/mol. The van der Waals surface area contributed by atoms with Crippen LogP contribution in [0.2, 0.25) is 0 Å². The second kappa shape index (κ2) is 6.06. The van der Waals surface area contributed by atoms with E-state index in [9.17, 15) is 4.79 Å². The van der Waals surface area contributed by atoms with Crippen LogP contribution in [-0.4, -0.2) is 22.7 Å². The highest BCUT2D eigenvalue weighted by Gasteiger charge is 2.14. The minimum atomic E-state index is -0.399. The van der Waals surface area contributed by atoms with Crippen LogP contribution < -0.4 is 5.32 Å². The van der Waals surface area contributed by atoms with Crippen LogP contribution in [0.15, 0.2) is 35.9 Å². The number of hydrogen-bond donors (Lipinski definition) is 1. The van der Waals surface area contributed by atoms with Crippen LogP contribution in [0.25, 0.3) is 11.8 Å². The molecule has 106 valence electrons. The first-order valence-electron chi connectivity index (χ1n) is 6.54. The quantitative estimate of drug-likeness (QED) is 0.691. The van der Waals surface area contributed by atoms with Crippen LogP contribution in [0.4, 0.5) is 0 Å². The van der Waals surface area contributed by atoms with Crippen molar-refractivity contribution in [3.63, 3.8) is 0 Å². The maximum Gasteiger partial charge on any atom is 0.261 e. The van der Waals surface area contributed by atoms with Crippen molar-refractivity contribution in [1.29, 1.82) is 5.26 Å². The highest BCUT2D eigenvalue weighted by molar-refractivity contribution is 6.01. The topological polar surface area (TPSA) is 70.7 Å². The molecule has 0 saturated heterocycles. The molecule has 1 heterocycles. The first-order valence-corrected chi connectivity index (χ1v) is 6.54. The SMILES string of the molecule is CNC(=O)C(C#N)=Cc1c(C)nn(-c2ccccc2)c1C. The standard InChI is InChI=1S/C16H16N4O/c1-11-15(9-13(10-17)16(21)18-3)12(2)20(19-11)14-7-5-4-6-8-14/h4-9H,1-3H3,(H,18,21). The third-order valence-electron chi connectivity index (χ3n) is 3.23. The maximum atomic E-state index is 11.6. The van der Waals surface area contributed by atoms with Crippen molar-refractivity contribution in [2.45, 2.75) is 13.8 Å². The molecule has 1 aromatic carbocycles. The summed E-state index contributed by atoms with van der Waals surface area (Å²) >= 11 is 0. The van der Waals surface area contributed by atoms with Gasteiger partial charge in [0.25, 0.3) is 5.91 Å². The molecule has 21 heavy (non-hydrogen) atoms. The molecule has 0 saturated carbocycles. The van der Waals surface area contributed by atoms with Gasteiger partial charge in [0.05, 0.1) is 11.4 Å². The number of aryl methyl sites for hydroxylation is 1. The van der Waals surface area contributed by atoms with E-state index in [2.05, 4.69) is 10.4 Å². The Morgan fingerprint density at radius 2 is 2.00 bits per heavy atom. The number of rotatable bonds is 3. The van der Waals surface area contributed by atoms with Crippen LogP contribution in [0, 0.1) is 25.2 Å². The van der Waals surface area contributed by atoms with E-state index in [1.807, 2.05) is 50.2 Å². The zero-order chi connectivity index (χ0) is 15.4. The molecule has 0 bridgehead atoms. The number of para-hydroxylation sites is 1. The van der Waals surface area contributed by atoms with E-state index in [1.165, 1.54) is 7.05 Å². The smallest absolute Gasteiger partial charge is 0.261 e. The van der Waals surface area contributed by atoms with Crippen molar-refractivity contribution >= 4 is 12.0 Å². The molecular formula is C16H16N4O. The summed E-state index contributed by atoms with van der Waals surface area (Å²) in [6.07, 6.45) is 1.58. The lowest BCUT2D eigenvalue weighted by molar-refractivity contribution is -0.116. The average molecular weight is 280 g/mol. The minimum absolute atomic E-state index is 0.0660. The first-order chi connectivity index (χ1) is 10.1. The predicted molar refractivity (Wildman–Crippen MR) is 80.7 cm³/mol. The predicted octanol–water partition coefficient (Wildman–Crippen LogP) is 2.14. The Morgan fingerprint density at radius 3 is 2.57 bits per heavy atom. The largest absolute Gasteiger partial charge is 0.354 e. The van der Waals surface area contributed by atoms with E-state index in [0.717, 1.165) is 22.6 Å². The lowest BCUT2D eigenvalue weighted by Gasteiger charge is -2.04. The van der Waals surface area contributed by atoms with Crippen LogP contribution in [0.3, 0.4) is 0 Å². The van der Waals surface area contributed by atoms with Crippen LogP contribution >= 0.6 is 0 Å². The minimum Gasteiger partial charge on any atom is -0.354 e. The number of carbonyl (C=O) groups excluding carboxylic acids is 1. The van der Waals surface area contributed by atoms with Gasteiger partial charge in [0.15, 0.2) is 0 Å². The molecule has 0 spiro atoms. The summed E-state index contributed by atoms with van der Waals surface area (Å²) in [5, 5.41) is 16.0. The number of nitrogens with one attached hydrogen (secondary N) is 1. The summed E-state index contributed by atoms with van der Waals surface area (Å²) in [5.41, 5.74) is 3.45. The maximum absolute atomic E-state index is 11.6. The average Bonchev–Trinajstić information content (AvgIpc) is 2.80. The zero-order valence-electron chi connectivity index (χ0n) is 12.2. The first kappa shape index (κ1) is 14.5. The molecule has 0 unspecified atom stereocenters. The molecule has 0 radical (unpaired) electrons. The molecule has 0 fully saturated rings. The molecular weight excluding hydrogens is 264 g/mol. The van der Waals surface area contributed by atoms with E-state index >= 15 is 0 Å². The van der Waals surface area contributed by atoms with Gasteiger partial charge in [-0.25, -0.2) is 4.68 Å². The van der Waals surface area contributed by atoms with E-state index in [0.29, 0.717) is 0 Å². The van der Waals surface area contributed by atoms with Crippen molar-refractivity contribution in [1.82, 2.24) is 15.1 Å². The van der Waals surface area contributed by atoms with Gasteiger partial charge in [0, 0.05) is 18.3 Å². The third-order valence-corrected chi connectivity index (χ3v) is 3.23. The summed E-state index contributed by atoms with van der Waals surface area (Å²) in [7, 11) is 1.50. The summed E-state index contributed by atoms with van der Waals surface area (Å²) in [6, 6.07) is 11.6. The Balaban J connectivity index is 2.53. The lowest BCUT2D eigenvalue weighted by atomic mass is 10.1. The zero-order valence-corrected chi connectivity index (χ0v) is 12.2. The van der Waals surface area contributed by atoms with Crippen LogP contribution in [-0.2, 0) is 4.79 Å². The number of aromatic nitrogens is 2. The van der Waals surface area contributed by atoms with Crippen molar-refractivity contribution in [3.8, 4) is 11.8 Å². The number of hydrogen-bond acceptors (Lipinski definition) is 3. The molecule has 5 heteroatoms. The Kier molecular flexibility index (Phi) is 4.19. The summed E-state index contributed by atoms with van der Waals surface area (Å²) in [4.78, 5) is 11.6. The molecule has 0 atom stereocenters. The third kappa shape index (κ3) is 2.84. The second-order valence-corrected chi connectivity index (χ2v) is 4.58. The van der Waals surface area contributed by atoms with E-state index < -0.39 is 5.91 Å². The van der Waals surface area contributed by atoms with Gasteiger partial charge in [-0.2, -0.15) is 10.4 Å². The highest BCUT2D eigenvalue weighted by atomic mass is 16.1. The fourth-order valence-corrected chi connectivity index (χ4v) is 2.11. The molecule has 5 nitrogen and oxygen atoms in total. The summed E-state index contributed by atoms with van der Waals surface area (Å²) in [6.45, 7) is 3.77. The van der Waals surface area contributed by atoms with Crippen molar-refractivity contribution < 1.29 is 4.79 Å². The Morgan fingerprint density at radius 1 is 1.33 bits per heavy atom. The molecule has 2 aromatic rings. The Labute approximate surface area is 123 Å². The summed E-state index contributed by atoms with van der Waals surface area (Å²) in [5.74, 6) is -0.399. The van der Waals surface area contributed by atoms with Crippen LogP contribution in [0.1, 0.15) is 17.0 Å². The van der Waals surface area contributed by atoms with E-state index in [1.54, 1.807) is 10.8 Å². The molecule has 0 aliphatic carbocycles. The summed E-state index contributed by atoms with van der Waals surface area (Å²) < 4.78 is 1.81. The lowest BCUT2D eigenvalue weighted by Crippen LogP contribution is -2.19. The fraction of sp³-hybridized carbons (Fsp3) is 0.188. The number of carbonyl (C=O) groups is 1. The van der Waals surface area contributed by atoms with Crippen LogP contribution in [0.5, 0.6) is 0 Å². The Bertz CT molecular complexity index is 736. The normalized spacial score (nSPS) is 11.0. The van der Waals surface area contributed by atoms with Crippen molar-refractivity contribution in [3.05, 3.63) is 52.9 Å². The fourth-order valence-electron chi connectivity index (χ4n) is 2.11. The highest BCUT2D eigenvalue weighted by Crippen LogP contribution is 2.20. The van der Waals surface area contributed by atoms with E-state index in [-0.39, 0.29) is 5.57 Å². The molecule has 1 aromatic heterocycles. The number of nitriles is 1. The van der Waals surface area contributed by atoms with Gasteiger partial charge < -0.3 is 5.32 Å². The van der Waals surface area contributed by atoms with Crippen molar-refractivity contribution in [2.24, 2.45) is 0 Å². The number of likely N-dealkylation sites (N-methyl/N-ethyl adjacent to an activating group) is 1. The number of benzene rings is 1. The van der Waals surface area contributed by atoms with Gasteiger partial charge in [-0.3, -0.25) is 4.79 Å². The molecule has 0 aliphatic heterocycles. The van der Waals surface area contributed by atoms with Gasteiger partial charge in [-0.05, 0) is 32.1 Å². The van der Waals surface area contributed by atoms with Gasteiger partial charge in [-0.15, -0.1) is 0 Å². The Hall–Kier alpha value is -2.87.